The molecule has 2 rings (SSSR count). The summed E-state index contributed by atoms with van der Waals surface area (Å²) in [5.74, 6) is -6.80. The smallest absolute Gasteiger partial charge is 0.375 e. The van der Waals surface area contributed by atoms with Gasteiger partial charge < -0.3 is 9.84 Å². The highest BCUT2D eigenvalue weighted by atomic mass is 19.3. The van der Waals surface area contributed by atoms with Crippen LogP contribution in [0.3, 0.4) is 0 Å². The lowest BCUT2D eigenvalue weighted by molar-refractivity contribution is -0.169. The molecule has 0 aromatic heterocycles. The summed E-state index contributed by atoms with van der Waals surface area (Å²) in [5, 5.41) is 8.69. The normalized spacial score (nSPS) is 19.2. The third kappa shape index (κ3) is 1.94. The fourth-order valence-corrected chi connectivity index (χ4v) is 2.53. The van der Waals surface area contributed by atoms with Crippen LogP contribution in [0, 0.1) is 0 Å². The van der Waals surface area contributed by atoms with Crippen LogP contribution in [0.25, 0.3) is 0 Å². The van der Waals surface area contributed by atoms with Crippen LogP contribution in [-0.4, -0.2) is 24.1 Å². The van der Waals surface area contributed by atoms with Crippen molar-refractivity contribution >= 4 is 5.97 Å². The number of halogens is 2. The molecule has 0 radical (unpaired) electrons. The van der Waals surface area contributed by atoms with Crippen LogP contribution in [-0.2, 0) is 11.2 Å². The zero-order valence-corrected chi connectivity index (χ0v) is 9.95. The summed E-state index contributed by atoms with van der Waals surface area (Å²) < 4.78 is 32.6. The van der Waals surface area contributed by atoms with Gasteiger partial charge in [-0.2, -0.15) is 8.78 Å². The molecule has 1 aliphatic carbocycles. The van der Waals surface area contributed by atoms with Gasteiger partial charge in [-0.1, -0.05) is 12.1 Å². The van der Waals surface area contributed by atoms with E-state index >= 15 is 0 Å². The molecule has 1 atom stereocenters. The average Bonchev–Trinajstić information content (AvgIpc) is 2.37. The quantitative estimate of drug-likeness (QED) is 0.904. The molecule has 0 heterocycles. The van der Waals surface area contributed by atoms with E-state index in [2.05, 4.69) is 0 Å². The fourth-order valence-electron chi connectivity index (χ4n) is 2.53. The molecule has 0 amide bonds. The summed E-state index contributed by atoms with van der Waals surface area (Å²) in [6.45, 7) is 0. The summed E-state index contributed by atoms with van der Waals surface area (Å²) in [6, 6.07) is 5.08. The van der Waals surface area contributed by atoms with Gasteiger partial charge in [-0.3, -0.25) is 0 Å². The zero-order chi connectivity index (χ0) is 13.3. The second kappa shape index (κ2) is 4.55. The second-order valence-corrected chi connectivity index (χ2v) is 4.41. The first kappa shape index (κ1) is 12.8. The molecule has 0 fully saturated rings. The predicted octanol–water partition coefficient (Wildman–Crippen LogP) is 2.84. The van der Waals surface area contributed by atoms with Crippen molar-refractivity contribution in [3.8, 4) is 5.75 Å². The molecule has 5 heteroatoms. The third-order valence-electron chi connectivity index (χ3n) is 3.39. The molecule has 1 aromatic carbocycles. The molecular weight excluding hydrogens is 242 g/mol. The van der Waals surface area contributed by atoms with Crippen molar-refractivity contribution in [2.75, 3.05) is 7.11 Å². The molecule has 3 nitrogen and oxygen atoms in total. The predicted molar refractivity (Wildman–Crippen MR) is 61.3 cm³/mol. The van der Waals surface area contributed by atoms with Gasteiger partial charge in [-0.05, 0) is 30.9 Å². The van der Waals surface area contributed by atoms with E-state index in [-0.39, 0.29) is 6.42 Å². The van der Waals surface area contributed by atoms with Crippen molar-refractivity contribution in [3.05, 3.63) is 29.3 Å². The first-order chi connectivity index (χ1) is 8.48. The molecule has 0 saturated heterocycles. The topological polar surface area (TPSA) is 46.5 Å². The summed E-state index contributed by atoms with van der Waals surface area (Å²) in [6.07, 6.45) is 1.40. The van der Waals surface area contributed by atoms with E-state index in [1.165, 1.54) is 7.11 Å². The minimum Gasteiger partial charge on any atom is -0.496 e. The average molecular weight is 256 g/mol. The molecule has 98 valence electrons. The summed E-state index contributed by atoms with van der Waals surface area (Å²) in [7, 11) is 1.40. The van der Waals surface area contributed by atoms with E-state index in [0.717, 1.165) is 5.56 Å². The molecule has 18 heavy (non-hydrogen) atoms. The monoisotopic (exact) mass is 256 g/mol. The molecule has 0 spiro atoms. The Morgan fingerprint density at radius 2 is 2.22 bits per heavy atom. The summed E-state index contributed by atoms with van der Waals surface area (Å²) in [4.78, 5) is 10.7. The lowest BCUT2D eigenvalue weighted by atomic mass is 9.78. The lowest BCUT2D eigenvalue weighted by Gasteiger charge is -2.30. The minimum absolute atomic E-state index is 0.159. The Bertz CT molecular complexity index is 457. The number of rotatable bonds is 3. The minimum atomic E-state index is -3.76. The number of fused-ring (bicyclic) bond motifs is 1. The van der Waals surface area contributed by atoms with Gasteiger partial charge in [0.15, 0.2) is 0 Å². The van der Waals surface area contributed by atoms with Crippen LogP contribution >= 0.6 is 0 Å². The maximum atomic E-state index is 13.8. The number of aryl methyl sites for hydroxylation is 1. The van der Waals surface area contributed by atoms with Crippen molar-refractivity contribution in [2.24, 2.45) is 0 Å². The number of carbonyl (C=O) groups is 1. The molecule has 1 unspecified atom stereocenters. The molecule has 1 aliphatic rings. The maximum Gasteiger partial charge on any atom is 0.375 e. The van der Waals surface area contributed by atoms with Crippen molar-refractivity contribution < 1.29 is 23.4 Å². The van der Waals surface area contributed by atoms with Gasteiger partial charge in [0, 0.05) is 5.56 Å². The number of aliphatic carboxylic acids is 1. The number of carboxylic acid groups (broad SMARTS) is 1. The highest BCUT2D eigenvalue weighted by molar-refractivity contribution is 5.77. The number of benzene rings is 1. The Morgan fingerprint density at radius 1 is 1.50 bits per heavy atom. The Kier molecular flexibility index (Phi) is 3.24. The molecule has 0 saturated carbocycles. The van der Waals surface area contributed by atoms with Gasteiger partial charge in [-0.15, -0.1) is 0 Å². The van der Waals surface area contributed by atoms with E-state index in [0.29, 0.717) is 24.2 Å². The lowest BCUT2D eigenvalue weighted by Crippen LogP contribution is -2.37. The molecule has 0 aliphatic heterocycles. The van der Waals surface area contributed by atoms with Crippen LogP contribution in [0.2, 0.25) is 0 Å². The Morgan fingerprint density at radius 3 is 2.83 bits per heavy atom. The van der Waals surface area contributed by atoms with Crippen molar-refractivity contribution in [1.82, 2.24) is 0 Å². The SMILES string of the molecule is COc1cccc2c1C(C(F)(F)C(=O)O)CCC2. The van der Waals surface area contributed by atoms with Crippen LogP contribution in [0.5, 0.6) is 5.75 Å². The molecule has 1 aromatic rings. The molecule has 0 bridgehead atoms. The number of ether oxygens (including phenoxy) is 1. The summed E-state index contributed by atoms with van der Waals surface area (Å²) in [5.41, 5.74) is 1.10. The van der Waals surface area contributed by atoms with Crippen LogP contribution in [0.15, 0.2) is 18.2 Å². The number of carboxylic acids is 1. The molecular formula is C13H14F2O3. The van der Waals surface area contributed by atoms with E-state index in [1.807, 2.05) is 0 Å². The Hall–Kier alpha value is -1.65. The highest BCUT2D eigenvalue weighted by Crippen LogP contribution is 2.46. The number of methoxy groups -OCH3 is 1. The molecule has 1 N–H and O–H groups in total. The van der Waals surface area contributed by atoms with Crippen molar-refractivity contribution in [1.29, 1.82) is 0 Å². The van der Waals surface area contributed by atoms with Gasteiger partial charge in [0.2, 0.25) is 0 Å². The van der Waals surface area contributed by atoms with Crippen molar-refractivity contribution in [2.45, 2.75) is 31.1 Å². The van der Waals surface area contributed by atoms with Gasteiger partial charge >= 0.3 is 11.9 Å². The Balaban J connectivity index is 2.53. The summed E-state index contributed by atoms with van der Waals surface area (Å²) >= 11 is 0. The van der Waals surface area contributed by atoms with Gasteiger partial charge in [-0.25, -0.2) is 4.79 Å². The Labute approximate surface area is 103 Å². The van der Waals surface area contributed by atoms with Crippen LogP contribution in [0.1, 0.15) is 29.9 Å². The maximum absolute atomic E-state index is 13.8. The van der Waals surface area contributed by atoms with Crippen molar-refractivity contribution in [3.63, 3.8) is 0 Å². The first-order valence-electron chi connectivity index (χ1n) is 5.75. The third-order valence-corrected chi connectivity index (χ3v) is 3.39. The van der Waals surface area contributed by atoms with E-state index in [9.17, 15) is 13.6 Å². The number of hydrogen-bond acceptors (Lipinski definition) is 2. The zero-order valence-electron chi connectivity index (χ0n) is 9.95. The standard InChI is InChI=1S/C13H14F2O3/c1-18-10-7-3-5-8-4-2-6-9(11(8)10)13(14,15)12(16)17/h3,5,7,9H,2,4,6H2,1H3,(H,16,17). The van der Waals surface area contributed by atoms with Crippen LogP contribution < -0.4 is 4.74 Å². The fraction of sp³-hybridized carbons (Fsp3) is 0.462. The van der Waals surface area contributed by atoms with Gasteiger partial charge in [0.25, 0.3) is 0 Å². The van der Waals surface area contributed by atoms with E-state index < -0.39 is 17.8 Å². The first-order valence-corrected chi connectivity index (χ1v) is 5.75. The van der Waals surface area contributed by atoms with Gasteiger partial charge in [0.05, 0.1) is 13.0 Å². The highest BCUT2D eigenvalue weighted by Gasteiger charge is 2.50. The second-order valence-electron chi connectivity index (χ2n) is 4.41. The largest absolute Gasteiger partial charge is 0.496 e. The van der Waals surface area contributed by atoms with E-state index in [1.54, 1.807) is 18.2 Å². The van der Waals surface area contributed by atoms with Crippen LogP contribution in [0.4, 0.5) is 8.78 Å². The number of alkyl halides is 2. The number of hydrogen-bond donors (Lipinski definition) is 1. The van der Waals surface area contributed by atoms with Gasteiger partial charge in [0.1, 0.15) is 5.75 Å². The van der Waals surface area contributed by atoms with E-state index in [4.69, 9.17) is 9.84 Å².